The lowest BCUT2D eigenvalue weighted by molar-refractivity contribution is -0.120. The van der Waals surface area contributed by atoms with Crippen LogP contribution in [0.15, 0.2) is 18.2 Å². The van der Waals surface area contributed by atoms with Crippen molar-refractivity contribution in [2.45, 2.75) is 13.0 Å². The lowest BCUT2D eigenvalue weighted by Crippen LogP contribution is -2.27. The Kier molecular flexibility index (Phi) is 5.58. The summed E-state index contributed by atoms with van der Waals surface area (Å²) in [7, 11) is 5.33. The fourth-order valence-corrected chi connectivity index (χ4v) is 1.77. The van der Waals surface area contributed by atoms with Crippen LogP contribution >= 0.6 is 0 Å². The van der Waals surface area contributed by atoms with E-state index in [1.807, 2.05) is 19.0 Å². The Morgan fingerprint density at radius 1 is 1.39 bits per heavy atom. The lowest BCUT2D eigenvalue weighted by Gasteiger charge is -2.22. The summed E-state index contributed by atoms with van der Waals surface area (Å²) in [6.45, 7) is 1.19. The number of nitrogens with zero attached hydrogens (tertiary/aromatic N) is 1. The van der Waals surface area contributed by atoms with Crippen molar-refractivity contribution in [3.05, 3.63) is 29.6 Å². The van der Waals surface area contributed by atoms with Crippen molar-refractivity contribution in [2.24, 2.45) is 0 Å². The van der Waals surface area contributed by atoms with Gasteiger partial charge in [0.1, 0.15) is 5.82 Å². The van der Waals surface area contributed by atoms with Crippen molar-refractivity contribution in [3.63, 3.8) is 0 Å². The standard InChI is InChI=1S/C13H20FN3O/c1-15-9-10-8-11(14)4-5-12(10)17(3)7-6-13(18)16-2/h4-5,8,15H,6-7,9H2,1-3H3,(H,16,18). The first-order valence-corrected chi connectivity index (χ1v) is 5.93. The van der Waals surface area contributed by atoms with Gasteiger partial charge in [-0.25, -0.2) is 4.39 Å². The summed E-state index contributed by atoms with van der Waals surface area (Å²) in [6.07, 6.45) is 0.420. The highest BCUT2D eigenvalue weighted by molar-refractivity contribution is 5.76. The Balaban J connectivity index is 2.77. The van der Waals surface area contributed by atoms with Gasteiger partial charge < -0.3 is 15.5 Å². The summed E-state index contributed by atoms with van der Waals surface area (Å²) in [5.41, 5.74) is 1.83. The van der Waals surface area contributed by atoms with Crippen LogP contribution in [0.25, 0.3) is 0 Å². The van der Waals surface area contributed by atoms with Crippen molar-refractivity contribution in [2.75, 3.05) is 32.6 Å². The summed E-state index contributed by atoms with van der Waals surface area (Å²) in [6, 6.07) is 4.69. The van der Waals surface area contributed by atoms with E-state index in [0.29, 0.717) is 19.5 Å². The van der Waals surface area contributed by atoms with Crippen molar-refractivity contribution in [1.29, 1.82) is 0 Å². The molecule has 0 saturated carbocycles. The molecule has 5 heteroatoms. The van der Waals surface area contributed by atoms with E-state index >= 15 is 0 Å². The summed E-state index contributed by atoms with van der Waals surface area (Å²) in [5, 5.41) is 5.59. The Hall–Kier alpha value is -1.62. The fraction of sp³-hybridized carbons (Fsp3) is 0.462. The largest absolute Gasteiger partial charge is 0.374 e. The van der Waals surface area contributed by atoms with Gasteiger partial charge in [-0.15, -0.1) is 0 Å². The zero-order chi connectivity index (χ0) is 13.5. The summed E-state index contributed by atoms with van der Waals surface area (Å²) in [5.74, 6) is -0.247. The minimum atomic E-state index is -0.247. The zero-order valence-corrected chi connectivity index (χ0v) is 11.1. The van der Waals surface area contributed by atoms with E-state index in [-0.39, 0.29) is 11.7 Å². The van der Waals surface area contributed by atoms with Gasteiger partial charge in [-0.3, -0.25) is 4.79 Å². The average Bonchev–Trinajstić information content (AvgIpc) is 2.36. The Labute approximate surface area is 107 Å². The molecule has 4 nitrogen and oxygen atoms in total. The first-order valence-electron chi connectivity index (χ1n) is 5.93. The molecule has 0 saturated heterocycles. The van der Waals surface area contributed by atoms with Gasteiger partial charge in [0.25, 0.3) is 0 Å². The molecule has 0 spiro atoms. The number of halogens is 1. The molecule has 1 aromatic rings. The smallest absolute Gasteiger partial charge is 0.221 e. The highest BCUT2D eigenvalue weighted by Gasteiger charge is 2.09. The molecular formula is C13H20FN3O. The average molecular weight is 253 g/mol. The second-order valence-electron chi connectivity index (χ2n) is 4.15. The second-order valence-corrected chi connectivity index (χ2v) is 4.15. The molecule has 0 aromatic heterocycles. The highest BCUT2D eigenvalue weighted by Crippen LogP contribution is 2.20. The van der Waals surface area contributed by atoms with Gasteiger partial charge >= 0.3 is 0 Å². The van der Waals surface area contributed by atoms with E-state index in [1.165, 1.54) is 12.1 Å². The minimum absolute atomic E-state index is 0.000807. The van der Waals surface area contributed by atoms with Gasteiger partial charge in [-0.05, 0) is 30.8 Å². The molecular weight excluding hydrogens is 233 g/mol. The molecule has 0 unspecified atom stereocenters. The van der Waals surface area contributed by atoms with Gasteiger partial charge in [0, 0.05) is 39.3 Å². The van der Waals surface area contributed by atoms with Crippen molar-refractivity contribution < 1.29 is 9.18 Å². The molecule has 0 atom stereocenters. The molecule has 0 aliphatic heterocycles. The molecule has 1 rings (SSSR count). The van der Waals surface area contributed by atoms with E-state index in [2.05, 4.69) is 10.6 Å². The van der Waals surface area contributed by atoms with E-state index in [9.17, 15) is 9.18 Å². The molecule has 1 amide bonds. The minimum Gasteiger partial charge on any atom is -0.374 e. The summed E-state index contributed by atoms with van der Waals surface area (Å²) >= 11 is 0. The van der Waals surface area contributed by atoms with Crippen molar-refractivity contribution >= 4 is 11.6 Å². The molecule has 18 heavy (non-hydrogen) atoms. The van der Waals surface area contributed by atoms with E-state index in [0.717, 1.165) is 11.3 Å². The number of benzene rings is 1. The van der Waals surface area contributed by atoms with Crippen LogP contribution in [0.2, 0.25) is 0 Å². The molecule has 2 N–H and O–H groups in total. The second kappa shape index (κ2) is 6.96. The van der Waals surface area contributed by atoms with Gasteiger partial charge in [0.2, 0.25) is 5.91 Å². The molecule has 0 heterocycles. The van der Waals surface area contributed by atoms with Gasteiger partial charge in [-0.1, -0.05) is 0 Å². The number of hydrogen-bond acceptors (Lipinski definition) is 3. The molecule has 0 aliphatic carbocycles. The number of nitrogens with one attached hydrogen (secondary N) is 2. The van der Waals surface area contributed by atoms with Gasteiger partial charge in [0.05, 0.1) is 0 Å². The maximum absolute atomic E-state index is 13.2. The van der Waals surface area contributed by atoms with E-state index < -0.39 is 0 Å². The van der Waals surface area contributed by atoms with Crippen LogP contribution < -0.4 is 15.5 Å². The third kappa shape index (κ3) is 4.00. The number of carbonyl (C=O) groups excluding carboxylic acids is 1. The first-order chi connectivity index (χ1) is 8.58. The van der Waals surface area contributed by atoms with Gasteiger partial charge in [-0.2, -0.15) is 0 Å². The summed E-state index contributed by atoms with van der Waals surface area (Å²) in [4.78, 5) is 13.2. The summed E-state index contributed by atoms with van der Waals surface area (Å²) < 4.78 is 13.2. The quantitative estimate of drug-likeness (QED) is 0.798. The normalized spacial score (nSPS) is 10.2. The third-order valence-electron chi connectivity index (χ3n) is 2.77. The molecule has 0 aliphatic rings. The zero-order valence-electron chi connectivity index (χ0n) is 11.1. The number of rotatable bonds is 6. The van der Waals surface area contributed by atoms with Crippen molar-refractivity contribution in [1.82, 2.24) is 10.6 Å². The number of anilines is 1. The van der Waals surface area contributed by atoms with Crippen LogP contribution in [-0.4, -0.2) is 33.6 Å². The number of carbonyl (C=O) groups is 1. The maximum Gasteiger partial charge on any atom is 0.221 e. The Bertz CT molecular complexity index is 409. The lowest BCUT2D eigenvalue weighted by atomic mass is 10.1. The first kappa shape index (κ1) is 14.4. The van der Waals surface area contributed by atoms with Crippen LogP contribution in [-0.2, 0) is 11.3 Å². The Morgan fingerprint density at radius 3 is 2.72 bits per heavy atom. The van der Waals surface area contributed by atoms with Crippen LogP contribution in [0.4, 0.5) is 10.1 Å². The van der Waals surface area contributed by atoms with Crippen LogP contribution in [0.3, 0.4) is 0 Å². The molecule has 100 valence electrons. The fourth-order valence-electron chi connectivity index (χ4n) is 1.77. The van der Waals surface area contributed by atoms with E-state index in [1.54, 1.807) is 13.1 Å². The Morgan fingerprint density at radius 2 is 2.11 bits per heavy atom. The maximum atomic E-state index is 13.2. The van der Waals surface area contributed by atoms with Crippen LogP contribution in [0.1, 0.15) is 12.0 Å². The highest BCUT2D eigenvalue weighted by atomic mass is 19.1. The molecule has 0 fully saturated rings. The third-order valence-corrected chi connectivity index (χ3v) is 2.77. The predicted octanol–water partition coefficient (Wildman–Crippen LogP) is 1.12. The van der Waals surface area contributed by atoms with Crippen molar-refractivity contribution in [3.8, 4) is 0 Å². The molecule has 0 radical (unpaired) electrons. The number of hydrogen-bond donors (Lipinski definition) is 2. The number of amides is 1. The van der Waals surface area contributed by atoms with E-state index in [4.69, 9.17) is 0 Å². The SMILES string of the molecule is CNCc1cc(F)ccc1N(C)CCC(=O)NC. The van der Waals surface area contributed by atoms with Crippen LogP contribution in [0.5, 0.6) is 0 Å². The topological polar surface area (TPSA) is 44.4 Å². The predicted molar refractivity (Wildman–Crippen MR) is 71.1 cm³/mol. The monoisotopic (exact) mass is 253 g/mol. The van der Waals surface area contributed by atoms with Gasteiger partial charge in [0.15, 0.2) is 0 Å². The van der Waals surface area contributed by atoms with Crippen LogP contribution in [0, 0.1) is 5.82 Å². The molecule has 1 aromatic carbocycles. The molecule has 0 bridgehead atoms.